The molecule has 13 heteroatoms. The number of carbonyl (C=O) groups excluding carboxylic acids is 2. The van der Waals surface area contributed by atoms with Gasteiger partial charge in [0.2, 0.25) is 11.8 Å². The molecule has 0 aliphatic carbocycles. The monoisotopic (exact) mass is 679 g/mol. The van der Waals surface area contributed by atoms with Crippen LogP contribution in [0, 0.1) is 5.92 Å². The maximum Gasteiger partial charge on any atom is 0.265 e. The minimum atomic E-state index is -4.45. The average molecular weight is 681 g/mol. The van der Waals surface area contributed by atoms with Crippen molar-refractivity contribution in [2.24, 2.45) is 5.92 Å². The van der Waals surface area contributed by atoms with Crippen LogP contribution in [-0.4, -0.2) is 65.6 Å². The van der Waals surface area contributed by atoms with Gasteiger partial charge < -0.3 is 24.4 Å². The predicted octanol–water partition coefficient (Wildman–Crippen LogP) is 5.79. The molecule has 0 unspecified atom stereocenters. The Bertz CT molecular complexity index is 1580. The maximum atomic E-state index is 14.4. The topological polar surface area (TPSA) is 114 Å². The van der Waals surface area contributed by atoms with Crippen molar-refractivity contribution in [2.45, 2.75) is 44.7 Å². The second kappa shape index (κ2) is 16.1. The van der Waals surface area contributed by atoms with Crippen LogP contribution in [0.1, 0.15) is 32.8 Å². The lowest BCUT2D eigenvalue weighted by atomic mass is 10.1. The van der Waals surface area contributed by atoms with Crippen LogP contribution in [0.4, 0.5) is 5.69 Å². The summed E-state index contributed by atoms with van der Waals surface area (Å²) in [6.07, 6.45) is 0.284. The summed E-state index contributed by atoms with van der Waals surface area (Å²) >= 11 is 12.4. The molecule has 0 radical (unpaired) electrons. The number of nitrogens with zero attached hydrogens (tertiary/aromatic N) is 2. The Morgan fingerprint density at radius 1 is 0.844 bits per heavy atom. The quantitative estimate of drug-likeness (QED) is 0.216. The normalized spacial score (nSPS) is 11.9. The number of nitrogens with one attached hydrogen (secondary N) is 1. The van der Waals surface area contributed by atoms with E-state index in [9.17, 15) is 18.0 Å². The Morgan fingerprint density at radius 3 is 2.02 bits per heavy atom. The standard InChI is InChI=1S/C32H39Cl2N3O7S/c1-7-26(32(39)35-18-21(2)3)36(19-22-8-10-23(33)11-9-22)31(38)20-37(27-16-24(34)12-14-28(27)42-4)45(40,41)25-13-15-29(43-5)30(17-25)44-6/h8-17,21,26H,7,18-20H2,1-6H3,(H,35,39)/t26-/m0/s1. The zero-order valence-electron chi connectivity index (χ0n) is 26.2. The summed E-state index contributed by atoms with van der Waals surface area (Å²) < 4.78 is 45.7. The number of anilines is 1. The van der Waals surface area contributed by atoms with E-state index in [0.717, 1.165) is 4.31 Å². The minimum absolute atomic E-state index is 0.0283. The van der Waals surface area contributed by atoms with Crippen molar-refractivity contribution in [1.29, 1.82) is 0 Å². The molecule has 0 saturated heterocycles. The Kier molecular flexibility index (Phi) is 12.8. The number of hydrogen-bond acceptors (Lipinski definition) is 7. The molecule has 1 N–H and O–H groups in total. The van der Waals surface area contributed by atoms with Crippen molar-refractivity contribution in [1.82, 2.24) is 10.2 Å². The van der Waals surface area contributed by atoms with Gasteiger partial charge in [-0.2, -0.15) is 0 Å². The summed E-state index contributed by atoms with van der Waals surface area (Å²) in [5.41, 5.74) is 0.745. The molecule has 0 saturated carbocycles. The first-order valence-electron chi connectivity index (χ1n) is 14.3. The van der Waals surface area contributed by atoms with Gasteiger partial charge in [0.25, 0.3) is 10.0 Å². The van der Waals surface area contributed by atoms with Gasteiger partial charge in [-0.3, -0.25) is 13.9 Å². The van der Waals surface area contributed by atoms with E-state index >= 15 is 0 Å². The van der Waals surface area contributed by atoms with Gasteiger partial charge in [0.1, 0.15) is 18.3 Å². The first kappa shape index (κ1) is 35.8. The number of benzene rings is 3. The Hall–Kier alpha value is -3.67. The molecule has 45 heavy (non-hydrogen) atoms. The van der Waals surface area contributed by atoms with Gasteiger partial charge >= 0.3 is 0 Å². The molecule has 2 amide bonds. The van der Waals surface area contributed by atoms with Crippen LogP contribution in [0.5, 0.6) is 17.2 Å². The molecule has 1 atom stereocenters. The third kappa shape index (κ3) is 8.96. The van der Waals surface area contributed by atoms with E-state index in [4.69, 9.17) is 37.4 Å². The van der Waals surface area contributed by atoms with Crippen LogP contribution < -0.4 is 23.8 Å². The van der Waals surface area contributed by atoms with Crippen LogP contribution in [0.2, 0.25) is 10.0 Å². The summed E-state index contributed by atoms with van der Waals surface area (Å²) in [5.74, 6) is -0.107. The van der Waals surface area contributed by atoms with Crippen LogP contribution in [0.25, 0.3) is 0 Å². The van der Waals surface area contributed by atoms with E-state index < -0.39 is 28.5 Å². The summed E-state index contributed by atoms with van der Waals surface area (Å²) in [5, 5.41) is 3.64. The first-order valence-corrected chi connectivity index (χ1v) is 16.5. The third-order valence-electron chi connectivity index (χ3n) is 6.97. The molecule has 244 valence electrons. The third-order valence-corrected chi connectivity index (χ3v) is 9.21. The van der Waals surface area contributed by atoms with E-state index in [2.05, 4.69) is 5.32 Å². The van der Waals surface area contributed by atoms with Gasteiger partial charge in [0.05, 0.1) is 31.9 Å². The van der Waals surface area contributed by atoms with Gasteiger partial charge in [0, 0.05) is 29.2 Å². The van der Waals surface area contributed by atoms with Crippen LogP contribution in [0.15, 0.2) is 65.6 Å². The van der Waals surface area contributed by atoms with E-state index in [1.165, 1.54) is 56.6 Å². The van der Waals surface area contributed by atoms with Crippen molar-refractivity contribution in [3.8, 4) is 17.2 Å². The molecular weight excluding hydrogens is 641 g/mol. The fourth-order valence-corrected chi connectivity index (χ4v) is 6.33. The van der Waals surface area contributed by atoms with Gasteiger partial charge in [-0.15, -0.1) is 0 Å². The molecule has 0 aliphatic rings. The van der Waals surface area contributed by atoms with Gasteiger partial charge in [-0.25, -0.2) is 8.42 Å². The number of methoxy groups -OCH3 is 3. The summed E-state index contributed by atoms with van der Waals surface area (Å²) in [6, 6.07) is 14.6. The fraction of sp³-hybridized carbons (Fsp3) is 0.375. The highest BCUT2D eigenvalue weighted by atomic mass is 35.5. The smallest absolute Gasteiger partial charge is 0.265 e. The molecule has 0 aliphatic heterocycles. The highest BCUT2D eigenvalue weighted by Gasteiger charge is 2.35. The zero-order chi connectivity index (χ0) is 33.3. The number of sulfonamides is 1. The number of rotatable bonds is 15. The van der Waals surface area contributed by atoms with Crippen molar-refractivity contribution in [2.75, 3.05) is 38.7 Å². The average Bonchev–Trinajstić information content (AvgIpc) is 3.02. The van der Waals surface area contributed by atoms with Crippen molar-refractivity contribution in [3.05, 3.63) is 76.3 Å². The van der Waals surface area contributed by atoms with Crippen LogP contribution in [-0.2, 0) is 26.2 Å². The molecule has 0 spiro atoms. The fourth-order valence-electron chi connectivity index (χ4n) is 4.60. The summed E-state index contributed by atoms with van der Waals surface area (Å²) in [4.78, 5) is 28.9. The van der Waals surface area contributed by atoms with Gasteiger partial charge in [0.15, 0.2) is 11.5 Å². The highest BCUT2D eigenvalue weighted by molar-refractivity contribution is 7.92. The van der Waals surface area contributed by atoms with Gasteiger partial charge in [-0.05, 0) is 60.4 Å². The molecule has 3 aromatic rings. The second-order valence-corrected chi connectivity index (χ2v) is 13.3. The maximum absolute atomic E-state index is 14.4. The molecule has 3 rings (SSSR count). The van der Waals surface area contributed by atoms with E-state index in [1.54, 1.807) is 37.3 Å². The number of ether oxygens (including phenoxy) is 3. The molecule has 10 nitrogen and oxygen atoms in total. The van der Waals surface area contributed by atoms with Crippen LogP contribution in [0.3, 0.4) is 0 Å². The Morgan fingerprint density at radius 2 is 1.44 bits per heavy atom. The number of hydrogen-bond donors (Lipinski definition) is 1. The highest BCUT2D eigenvalue weighted by Crippen LogP contribution is 2.37. The molecular formula is C32H39Cl2N3O7S. The number of carbonyl (C=O) groups is 2. The SMILES string of the molecule is CC[C@@H](C(=O)NCC(C)C)N(Cc1ccc(Cl)cc1)C(=O)CN(c1cc(Cl)ccc1OC)S(=O)(=O)c1ccc(OC)c(OC)c1. The molecule has 0 aromatic heterocycles. The Labute approximate surface area is 275 Å². The van der Waals surface area contributed by atoms with Crippen molar-refractivity contribution < 1.29 is 32.2 Å². The van der Waals surface area contributed by atoms with Crippen molar-refractivity contribution in [3.63, 3.8) is 0 Å². The number of halogens is 2. The summed E-state index contributed by atoms with van der Waals surface area (Å²) in [7, 11) is -0.242. The minimum Gasteiger partial charge on any atom is -0.495 e. The second-order valence-electron chi connectivity index (χ2n) is 10.6. The largest absolute Gasteiger partial charge is 0.495 e. The number of amides is 2. The molecule has 0 heterocycles. The van der Waals surface area contributed by atoms with Crippen LogP contribution >= 0.6 is 23.2 Å². The molecule has 0 bridgehead atoms. The van der Waals surface area contributed by atoms with E-state index in [1.807, 2.05) is 13.8 Å². The lowest BCUT2D eigenvalue weighted by Gasteiger charge is -2.33. The van der Waals surface area contributed by atoms with E-state index in [-0.39, 0.29) is 51.9 Å². The Balaban J connectivity index is 2.16. The molecule has 3 aromatic carbocycles. The molecule has 0 fully saturated rings. The lowest BCUT2D eigenvalue weighted by molar-refractivity contribution is -0.140. The predicted molar refractivity (Wildman–Crippen MR) is 176 cm³/mol. The first-order chi connectivity index (χ1) is 21.4. The van der Waals surface area contributed by atoms with Gasteiger partial charge in [-0.1, -0.05) is 56.1 Å². The lowest BCUT2D eigenvalue weighted by Crippen LogP contribution is -2.52. The summed E-state index contributed by atoms with van der Waals surface area (Å²) in [6.45, 7) is 5.49. The van der Waals surface area contributed by atoms with E-state index in [0.29, 0.717) is 22.9 Å². The van der Waals surface area contributed by atoms with Crippen molar-refractivity contribution >= 4 is 50.7 Å². The zero-order valence-corrected chi connectivity index (χ0v) is 28.5.